The van der Waals surface area contributed by atoms with Crippen molar-refractivity contribution in [2.75, 3.05) is 13.6 Å². The Kier molecular flexibility index (Phi) is 5.29. The molecule has 106 valence electrons. The summed E-state index contributed by atoms with van der Waals surface area (Å²) in [5.74, 6) is 4.89. The van der Waals surface area contributed by atoms with Crippen molar-refractivity contribution in [1.29, 1.82) is 0 Å². The molecule has 2 aromatic rings. The Labute approximate surface area is 123 Å². The molecule has 0 aliphatic heterocycles. The molecule has 1 amide bonds. The number of likely N-dealkylation sites (N-methyl/N-ethyl adjacent to an activating group) is 1. The quantitative estimate of drug-likeness (QED) is 0.485. The molecule has 0 bridgehead atoms. The Morgan fingerprint density at radius 1 is 1.30 bits per heavy atom. The zero-order chi connectivity index (χ0) is 14.4. The van der Waals surface area contributed by atoms with Gasteiger partial charge in [0.1, 0.15) is 0 Å². The maximum atomic E-state index is 12.0. The van der Waals surface area contributed by atoms with Crippen LogP contribution in [-0.4, -0.2) is 24.4 Å². The molecule has 1 heterocycles. The molecule has 1 aromatic heterocycles. The number of carbonyl (C=O) groups is 1. The van der Waals surface area contributed by atoms with E-state index in [-0.39, 0.29) is 11.8 Å². The Balaban J connectivity index is 2.06. The van der Waals surface area contributed by atoms with Gasteiger partial charge in [0.05, 0.1) is 5.92 Å². The van der Waals surface area contributed by atoms with E-state index in [2.05, 4.69) is 21.8 Å². The van der Waals surface area contributed by atoms with Gasteiger partial charge >= 0.3 is 0 Å². The number of hydrogen-bond donors (Lipinski definition) is 2. The summed E-state index contributed by atoms with van der Waals surface area (Å²) >= 11 is 1.72. The van der Waals surface area contributed by atoms with Gasteiger partial charge in [0.15, 0.2) is 0 Å². The van der Waals surface area contributed by atoms with E-state index in [9.17, 15) is 4.79 Å². The molecule has 0 aliphatic rings. The van der Waals surface area contributed by atoms with Gasteiger partial charge in [-0.1, -0.05) is 36.4 Å². The van der Waals surface area contributed by atoms with E-state index in [1.165, 1.54) is 4.88 Å². The third kappa shape index (κ3) is 3.90. The van der Waals surface area contributed by atoms with E-state index in [0.717, 1.165) is 12.1 Å². The molecule has 3 N–H and O–H groups in total. The van der Waals surface area contributed by atoms with Gasteiger partial charge in [-0.3, -0.25) is 10.2 Å². The average Bonchev–Trinajstić information content (AvgIpc) is 2.97. The summed E-state index contributed by atoms with van der Waals surface area (Å²) in [6.45, 7) is 1.46. The minimum absolute atomic E-state index is 0.158. The van der Waals surface area contributed by atoms with Gasteiger partial charge in [0.2, 0.25) is 5.91 Å². The molecule has 0 aliphatic carbocycles. The second-order valence-corrected chi connectivity index (χ2v) is 5.78. The fourth-order valence-corrected chi connectivity index (χ4v) is 2.95. The summed E-state index contributed by atoms with van der Waals surface area (Å²) in [4.78, 5) is 15.4. The van der Waals surface area contributed by atoms with Gasteiger partial charge in [-0.05, 0) is 24.1 Å². The van der Waals surface area contributed by atoms with Crippen molar-refractivity contribution < 1.29 is 4.79 Å². The average molecular weight is 289 g/mol. The third-order valence-corrected chi connectivity index (χ3v) is 4.02. The fraction of sp³-hybridized carbons (Fsp3) is 0.267. The van der Waals surface area contributed by atoms with Crippen molar-refractivity contribution in [3.05, 3.63) is 58.3 Å². The van der Waals surface area contributed by atoms with Crippen LogP contribution < -0.4 is 11.3 Å². The first-order valence-electron chi connectivity index (χ1n) is 6.47. The number of hydrogen-bond acceptors (Lipinski definition) is 4. The predicted octanol–water partition coefficient (Wildman–Crippen LogP) is 1.95. The molecule has 5 heteroatoms. The number of nitrogens with zero attached hydrogens (tertiary/aromatic N) is 1. The number of carbonyl (C=O) groups excluding carboxylic acids is 1. The molecule has 20 heavy (non-hydrogen) atoms. The summed E-state index contributed by atoms with van der Waals surface area (Å²) in [7, 11) is 2.01. The summed E-state index contributed by atoms with van der Waals surface area (Å²) in [6.07, 6.45) is 0. The summed E-state index contributed by atoms with van der Waals surface area (Å²) < 4.78 is 0. The maximum absolute atomic E-state index is 12.0. The van der Waals surface area contributed by atoms with E-state index in [4.69, 9.17) is 5.84 Å². The van der Waals surface area contributed by atoms with Crippen LogP contribution in [0.5, 0.6) is 0 Å². The molecule has 0 radical (unpaired) electrons. The van der Waals surface area contributed by atoms with Crippen LogP contribution in [0.4, 0.5) is 0 Å². The van der Waals surface area contributed by atoms with Crippen LogP contribution in [0.25, 0.3) is 0 Å². The molecule has 0 saturated heterocycles. The van der Waals surface area contributed by atoms with Gasteiger partial charge in [-0.25, -0.2) is 5.84 Å². The number of thiophene rings is 1. The molecule has 2 rings (SSSR count). The van der Waals surface area contributed by atoms with Gasteiger partial charge in [0, 0.05) is 18.0 Å². The van der Waals surface area contributed by atoms with Crippen molar-refractivity contribution in [3.8, 4) is 0 Å². The minimum atomic E-state index is -0.258. The topological polar surface area (TPSA) is 58.4 Å². The second-order valence-electron chi connectivity index (χ2n) is 4.75. The van der Waals surface area contributed by atoms with E-state index < -0.39 is 0 Å². The van der Waals surface area contributed by atoms with Gasteiger partial charge in [-0.2, -0.15) is 0 Å². The van der Waals surface area contributed by atoms with Gasteiger partial charge in [-0.15, -0.1) is 11.3 Å². The number of nitrogens with one attached hydrogen (secondary N) is 1. The SMILES string of the molecule is CN(Cc1cccs1)CC(C(=O)NN)c1ccccc1. The Morgan fingerprint density at radius 3 is 2.65 bits per heavy atom. The van der Waals surface area contributed by atoms with Crippen LogP contribution in [0.3, 0.4) is 0 Å². The normalized spacial score (nSPS) is 12.3. The first-order chi connectivity index (χ1) is 9.70. The number of hydrazine groups is 1. The molecule has 0 fully saturated rings. The largest absolute Gasteiger partial charge is 0.300 e. The monoisotopic (exact) mass is 289 g/mol. The highest BCUT2D eigenvalue weighted by Gasteiger charge is 2.21. The molecule has 1 unspecified atom stereocenters. The lowest BCUT2D eigenvalue weighted by Gasteiger charge is -2.22. The van der Waals surface area contributed by atoms with Crippen LogP contribution in [0, 0.1) is 0 Å². The van der Waals surface area contributed by atoms with Crippen molar-refractivity contribution in [2.24, 2.45) is 5.84 Å². The molecule has 4 nitrogen and oxygen atoms in total. The van der Waals surface area contributed by atoms with Gasteiger partial charge in [0.25, 0.3) is 0 Å². The number of amides is 1. The Morgan fingerprint density at radius 2 is 2.05 bits per heavy atom. The molecule has 1 aromatic carbocycles. The molecular weight excluding hydrogens is 270 g/mol. The van der Waals surface area contributed by atoms with Crippen molar-refractivity contribution in [1.82, 2.24) is 10.3 Å². The van der Waals surface area contributed by atoms with Crippen LogP contribution in [0.2, 0.25) is 0 Å². The molecule has 1 atom stereocenters. The van der Waals surface area contributed by atoms with E-state index >= 15 is 0 Å². The lowest BCUT2D eigenvalue weighted by molar-refractivity contribution is -0.123. The maximum Gasteiger partial charge on any atom is 0.242 e. The zero-order valence-electron chi connectivity index (χ0n) is 11.5. The summed E-state index contributed by atoms with van der Waals surface area (Å²) in [5, 5.41) is 2.06. The first-order valence-corrected chi connectivity index (χ1v) is 7.35. The van der Waals surface area contributed by atoms with E-state index in [1.54, 1.807) is 11.3 Å². The second kappa shape index (κ2) is 7.19. The number of benzene rings is 1. The number of nitrogens with two attached hydrogens (primary N) is 1. The highest BCUT2D eigenvalue weighted by molar-refractivity contribution is 7.09. The smallest absolute Gasteiger partial charge is 0.242 e. The lowest BCUT2D eigenvalue weighted by Crippen LogP contribution is -2.39. The van der Waals surface area contributed by atoms with Crippen LogP contribution in [0.1, 0.15) is 16.4 Å². The summed E-state index contributed by atoms with van der Waals surface area (Å²) in [6, 6.07) is 13.9. The third-order valence-electron chi connectivity index (χ3n) is 3.16. The first kappa shape index (κ1) is 14.7. The van der Waals surface area contributed by atoms with Gasteiger partial charge < -0.3 is 4.90 Å². The minimum Gasteiger partial charge on any atom is -0.300 e. The van der Waals surface area contributed by atoms with Crippen LogP contribution >= 0.6 is 11.3 Å². The number of rotatable bonds is 6. The highest BCUT2D eigenvalue weighted by Crippen LogP contribution is 2.19. The van der Waals surface area contributed by atoms with Crippen LogP contribution in [0.15, 0.2) is 47.8 Å². The predicted molar refractivity (Wildman–Crippen MR) is 82.2 cm³/mol. The molecule has 0 saturated carbocycles. The molecular formula is C15H19N3OS. The van der Waals surface area contributed by atoms with E-state index in [1.807, 2.05) is 43.4 Å². The van der Waals surface area contributed by atoms with Crippen molar-refractivity contribution >= 4 is 17.2 Å². The molecule has 0 spiro atoms. The zero-order valence-corrected chi connectivity index (χ0v) is 12.3. The highest BCUT2D eigenvalue weighted by atomic mass is 32.1. The Hall–Kier alpha value is -1.69. The Bertz CT molecular complexity index is 527. The lowest BCUT2D eigenvalue weighted by atomic mass is 9.98. The van der Waals surface area contributed by atoms with Crippen LogP contribution in [-0.2, 0) is 11.3 Å². The summed E-state index contributed by atoms with van der Waals surface area (Å²) in [5.41, 5.74) is 3.24. The van der Waals surface area contributed by atoms with Crippen molar-refractivity contribution in [2.45, 2.75) is 12.5 Å². The van der Waals surface area contributed by atoms with Crippen molar-refractivity contribution in [3.63, 3.8) is 0 Å². The standard InChI is InChI=1S/C15H19N3OS/c1-18(10-13-8-5-9-20-13)11-14(15(19)17-16)12-6-3-2-4-7-12/h2-9,14H,10-11,16H2,1H3,(H,17,19). The van der Waals surface area contributed by atoms with E-state index in [0.29, 0.717) is 6.54 Å². The fourth-order valence-electron chi connectivity index (χ4n) is 2.17.